The lowest BCUT2D eigenvalue weighted by atomic mass is 10.0. The van der Waals surface area contributed by atoms with Crippen molar-refractivity contribution < 1.29 is 4.74 Å². The summed E-state index contributed by atoms with van der Waals surface area (Å²) in [7, 11) is 0. The third-order valence-corrected chi connectivity index (χ3v) is 6.66. The minimum absolute atomic E-state index is 0.129. The van der Waals surface area contributed by atoms with E-state index < -0.39 is 0 Å². The van der Waals surface area contributed by atoms with Gasteiger partial charge in [0.1, 0.15) is 35.8 Å². The van der Waals surface area contributed by atoms with Crippen molar-refractivity contribution in [3.63, 3.8) is 0 Å². The quantitative estimate of drug-likeness (QED) is 0.148. The number of pyridine rings is 1. The van der Waals surface area contributed by atoms with Crippen LogP contribution >= 0.6 is 0 Å². The van der Waals surface area contributed by atoms with Crippen LogP contribution in [0.3, 0.4) is 0 Å². The molecule has 0 atom stereocenters. The van der Waals surface area contributed by atoms with Gasteiger partial charge >= 0.3 is 0 Å². The first-order chi connectivity index (χ1) is 19.7. The Hall–Kier alpha value is -4.53. The molecule has 3 aromatic heterocycles. The molecule has 3 heterocycles. The van der Waals surface area contributed by atoms with Crippen molar-refractivity contribution in [2.75, 3.05) is 10.6 Å². The SMILES string of the molecule is CC.CCC(C)(C)N=C(Nc1ccc2ncnc(Nc3ccc(Oc4ccn5ncnc5c4)c(C)c3)c2c1)C(C)C. The zero-order valence-corrected chi connectivity index (χ0v) is 25.2. The Morgan fingerprint density at radius 2 is 1.76 bits per heavy atom. The molecule has 5 aromatic rings. The van der Waals surface area contributed by atoms with Gasteiger partial charge in [0.2, 0.25) is 0 Å². The van der Waals surface area contributed by atoms with Gasteiger partial charge in [-0.3, -0.25) is 4.99 Å². The fourth-order valence-electron chi connectivity index (χ4n) is 4.05. The molecule has 0 unspecified atom stereocenters. The fraction of sp³-hybridized carbons (Fsp3) is 0.344. The Morgan fingerprint density at radius 1 is 0.976 bits per heavy atom. The predicted octanol–water partition coefficient (Wildman–Crippen LogP) is 8.20. The summed E-state index contributed by atoms with van der Waals surface area (Å²) in [5.74, 6) is 3.41. The minimum Gasteiger partial charge on any atom is -0.457 e. The molecule has 0 aliphatic carbocycles. The highest BCUT2D eigenvalue weighted by Gasteiger charge is 2.17. The maximum Gasteiger partial charge on any atom is 0.158 e. The number of aliphatic imine (C=N–C) groups is 1. The molecule has 214 valence electrons. The number of anilines is 3. The lowest BCUT2D eigenvalue weighted by Gasteiger charge is -2.22. The van der Waals surface area contributed by atoms with E-state index in [2.05, 4.69) is 71.4 Å². The van der Waals surface area contributed by atoms with Gasteiger partial charge in [0.05, 0.1) is 11.1 Å². The van der Waals surface area contributed by atoms with Crippen LogP contribution in [0.4, 0.5) is 17.2 Å². The molecule has 0 aliphatic rings. The molecular formula is C32H40N8O. The topological polar surface area (TPSA) is 102 Å². The number of ether oxygens (including phenoxy) is 1. The maximum absolute atomic E-state index is 6.12. The van der Waals surface area contributed by atoms with Gasteiger partial charge in [-0.05, 0) is 75.2 Å². The van der Waals surface area contributed by atoms with Crippen molar-refractivity contribution in [2.45, 2.75) is 67.3 Å². The Kier molecular flexibility index (Phi) is 9.17. The van der Waals surface area contributed by atoms with Crippen LogP contribution in [0.5, 0.6) is 11.5 Å². The lowest BCUT2D eigenvalue weighted by Crippen LogP contribution is -2.26. The van der Waals surface area contributed by atoms with Crippen molar-refractivity contribution in [1.82, 2.24) is 24.6 Å². The van der Waals surface area contributed by atoms with Gasteiger partial charge < -0.3 is 15.4 Å². The largest absolute Gasteiger partial charge is 0.457 e. The number of amidine groups is 1. The average Bonchev–Trinajstić information content (AvgIpc) is 3.43. The summed E-state index contributed by atoms with van der Waals surface area (Å²) in [6.45, 7) is 16.8. The number of aromatic nitrogens is 5. The van der Waals surface area contributed by atoms with Gasteiger partial charge in [-0.2, -0.15) is 5.10 Å². The molecule has 0 bridgehead atoms. The summed E-state index contributed by atoms with van der Waals surface area (Å²) in [6, 6.07) is 15.8. The van der Waals surface area contributed by atoms with Crippen LogP contribution in [0, 0.1) is 12.8 Å². The standard InChI is InChI=1S/C30H34N8O.C2H6/c1-7-30(5,6)37-28(19(2)3)35-22-8-10-25-24(15-22)29(33-17-31-25)36-21-9-11-26(20(4)14-21)39-23-12-13-38-27(16-23)32-18-34-38;1-2/h8-19H,7H2,1-6H3,(H,35,37)(H,31,33,36);1-2H3. The second-order valence-electron chi connectivity index (χ2n) is 10.5. The number of rotatable bonds is 8. The van der Waals surface area contributed by atoms with Crippen LogP contribution in [0.25, 0.3) is 16.6 Å². The molecule has 2 N–H and O–H groups in total. The Bertz CT molecular complexity index is 1650. The number of hydrogen-bond acceptors (Lipinski definition) is 7. The molecule has 41 heavy (non-hydrogen) atoms. The number of nitrogens with zero attached hydrogens (tertiary/aromatic N) is 6. The summed E-state index contributed by atoms with van der Waals surface area (Å²) in [5, 5.41) is 12.0. The van der Waals surface area contributed by atoms with E-state index in [0.29, 0.717) is 5.75 Å². The number of benzene rings is 2. The number of fused-ring (bicyclic) bond motifs is 2. The highest BCUT2D eigenvalue weighted by molar-refractivity contribution is 6.00. The summed E-state index contributed by atoms with van der Waals surface area (Å²) < 4.78 is 7.82. The van der Waals surface area contributed by atoms with Gasteiger partial charge in [-0.25, -0.2) is 19.5 Å². The highest BCUT2D eigenvalue weighted by Crippen LogP contribution is 2.31. The summed E-state index contributed by atoms with van der Waals surface area (Å²) in [6.07, 6.45) is 5.88. The van der Waals surface area contributed by atoms with Gasteiger partial charge in [0, 0.05) is 34.9 Å². The van der Waals surface area contributed by atoms with Crippen molar-refractivity contribution in [3.05, 3.63) is 72.9 Å². The van der Waals surface area contributed by atoms with Gasteiger partial charge in [0.25, 0.3) is 0 Å². The molecule has 2 aromatic carbocycles. The van der Waals surface area contributed by atoms with E-state index >= 15 is 0 Å². The van der Waals surface area contributed by atoms with E-state index in [1.54, 1.807) is 10.8 Å². The van der Waals surface area contributed by atoms with E-state index in [0.717, 1.165) is 57.3 Å². The highest BCUT2D eigenvalue weighted by atomic mass is 16.5. The molecule has 9 heteroatoms. The van der Waals surface area contributed by atoms with Crippen LogP contribution in [-0.2, 0) is 0 Å². The van der Waals surface area contributed by atoms with Crippen molar-refractivity contribution in [3.8, 4) is 11.5 Å². The number of aryl methyl sites for hydroxylation is 1. The van der Waals surface area contributed by atoms with Gasteiger partial charge in [-0.15, -0.1) is 0 Å². The summed E-state index contributed by atoms with van der Waals surface area (Å²) in [5.41, 5.74) is 4.29. The monoisotopic (exact) mass is 552 g/mol. The normalized spacial score (nSPS) is 11.9. The predicted molar refractivity (Wildman–Crippen MR) is 169 cm³/mol. The smallest absolute Gasteiger partial charge is 0.158 e. The fourth-order valence-corrected chi connectivity index (χ4v) is 4.05. The zero-order chi connectivity index (χ0) is 29.6. The first-order valence-corrected chi connectivity index (χ1v) is 14.2. The van der Waals surface area contributed by atoms with Crippen molar-refractivity contribution >= 4 is 39.6 Å². The Balaban J connectivity index is 0.00000189. The molecule has 9 nitrogen and oxygen atoms in total. The van der Waals surface area contributed by atoms with Crippen molar-refractivity contribution in [1.29, 1.82) is 0 Å². The van der Waals surface area contributed by atoms with E-state index in [4.69, 9.17) is 9.73 Å². The van der Waals surface area contributed by atoms with Gasteiger partial charge in [-0.1, -0.05) is 34.6 Å². The van der Waals surface area contributed by atoms with E-state index in [-0.39, 0.29) is 11.5 Å². The van der Waals surface area contributed by atoms with Crippen LogP contribution in [0.2, 0.25) is 0 Å². The molecule has 5 rings (SSSR count). The second-order valence-corrected chi connectivity index (χ2v) is 10.5. The summed E-state index contributed by atoms with van der Waals surface area (Å²) in [4.78, 5) is 18.2. The third kappa shape index (κ3) is 7.16. The van der Waals surface area contributed by atoms with Crippen LogP contribution in [-0.4, -0.2) is 35.9 Å². The Morgan fingerprint density at radius 3 is 2.49 bits per heavy atom. The van der Waals surface area contributed by atoms with Gasteiger partial charge in [0.15, 0.2) is 5.65 Å². The first kappa shape index (κ1) is 29.5. The lowest BCUT2D eigenvalue weighted by molar-refractivity contribution is 0.478. The number of nitrogens with one attached hydrogen (secondary N) is 2. The average molecular weight is 553 g/mol. The van der Waals surface area contributed by atoms with E-state index in [1.807, 2.05) is 69.4 Å². The maximum atomic E-state index is 6.12. The molecule has 0 saturated carbocycles. The molecule has 0 radical (unpaired) electrons. The third-order valence-electron chi connectivity index (χ3n) is 6.66. The minimum atomic E-state index is -0.129. The zero-order valence-electron chi connectivity index (χ0n) is 25.2. The molecule has 0 aliphatic heterocycles. The molecule has 0 fully saturated rings. The summed E-state index contributed by atoms with van der Waals surface area (Å²) >= 11 is 0. The molecule has 0 amide bonds. The number of hydrogen-bond donors (Lipinski definition) is 2. The molecular weight excluding hydrogens is 512 g/mol. The van der Waals surface area contributed by atoms with Crippen molar-refractivity contribution in [2.24, 2.45) is 10.9 Å². The first-order valence-electron chi connectivity index (χ1n) is 14.2. The Labute approximate surface area is 242 Å². The molecule has 0 spiro atoms. The molecule has 0 saturated heterocycles. The van der Waals surface area contributed by atoms with Crippen LogP contribution < -0.4 is 15.4 Å². The van der Waals surface area contributed by atoms with Crippen LogP contribution in [0.1, 0.15) is 60.5 Å². The van der Waals surface area contributed by atoms with Crippen LogP contribution in [0.15, 0.2) is 72.4 Å². The second kappa shape index (κ2) is 12.8. The van der Waals surface area contributed by atoms with E-state index in [1.165, 1.54) is 6.33 Å². The van der Waals surface area contributed by atoms with E-state index in [9.17, 15) is 0 Å².